The van der Waals surface area contributed by atoms with E-state index in [4.69, 9.17) is 9.72 Å². The van der Waals surface area contributed by atoms with Crippen LogP contribution in [0, 0.1) is 6.92 Å². The van der Waals surface area contributed by atoms with Gasteiger partial charge in [0.15, 0.2) is 0 Å². The standard InChI is InChI=1S/C20H26N4O/c1-15-4-6-16(7-5-15)11-24-9-8-20(13-24)14-25-12-17-10-21-19(23(2)3)22-18(17)20/h4-7,10H,8-9,11-14H2,1-3H3. The highest BCUT2D eigenvalue weighted by Gasteiger charge is 2.44. The number of nitrogens with zero attached hydrogens (tertiary/aromatic N) is 4. The van der Waals surface area contributed by atoms with Gasteiger partial charge in [0.1, 0.15) is 0 Å². The van der Waals surface area contributed by atoms with Gasteiger partial charge >= 0.3 is 0 Å². The lowest BCUT2D eigenvalue weighted by atomic mass is 9.80. The summed E-state index contributed by atoms with van der Waals surface area (Å²) in [4.78, 5) is 13.9. The Balaban J connectivity index is 1.58. The number of hydrogen-bond acceptors (Lipinski definition) is 5. The van der Waals surface area contributed by atoms with Crippen molar-refractivity contribution in [2.45, 2.75) is 31.9 Å². The van der Waals surface area contributed by atoms with E-state index in [0.29, 0.717) is 6.61 Å². The molecule has 0 saturated carbocycles. The molecular weight excluding hydrogens is 312 g/mol. The molecule has 4 rings (SSSR count). The number of aryl methyl sites for hydroxylation is 1. The van der Waals surface area contributed by atoms with Crippen LogP contribution in [0.1, 0.15) is 28.8 Å². The zero-order valence-corrected chi connectivity index (χ0v) is 15.3. The Morgan fingerprint density at radius 2 is 2.04 bits per heavy atom. The zero-order chi connectivity index (χ0) is 17.4. The van der Waals surface area contributed by atoms with E-state index in [1.165, 1.54) is 16.8 Å². The monoisotopic (exact) mass is 338 g/mol. The summed E-state index contributed by atoms with van der Waals surface area (Å²) in [6.07, 6.45) is 3.04. The third kappa shape index (κ3) is 3.14. The number of likely N-dealkylation sites (tertiary alicyclic amines) is 1. The van der Waals surface area contributed by atoms with Gasteiger partial charge in [-0.1, -0.05) is 29.8 Å². The fraction of sp³-hybridized carbons (Fsp3) is 0.500. The summed E-state index contributed by atoms with van der Waals surface area (Å²) in [5.74, 6) is 0.789. The lowest BCUT2D eigenvalue weighted by Gasteiger charge is -2.34. The molecule has 1 fully saturated rings. The lowest BCUT2D eigenvalue weighted by Crippen LogP contribution is -2.40. The predicted molar refractivity (Wildman–Crippen MR) is 98.8 cm³/mol. The van der Waals surface area contributed by atoms with Crippen LogP contribution in [0.2, 0.25) is 0 Å². The van der Waals surface area contributed by atoms with Crippen LogP contribution in [0.15, 0.2) is 30.5 Å². The van der Waals surface area contributed by atoms with Gasteiger partial charge in [-0.3, -0.25) is 4.90 Å². The second-order valence-corrected chi connectivity index (χ2v) is 7.66. The first-order valence-electron chi connectivity index (χ1n) is 8.95. The van der Waals surface area contributed by atoms with Crippen LogP contribution in [-0.4, -0.2) is 48.7 Å². The number of fused-ring (bicyclic) bond motifs is 2. The van der Waals surface area contributed by atoms with Gasteiger partial charge in [-0.25, -0.2) is 9.97 Å². The molecule has 132 valence electrons. The largest absolute Gasteiger partial charge is 0.376 e. The van der Waals surface area contributed by atoms with Crippen LogP contribution >= 0.6 is 0 Å². The minimum Gasteiger partial charge on any atom is -0.376 e. The second-order valence-electron chi connectivity index (χ2n) is 7.66. The highest BCUT2D eigenvalue weighted by Crippen LogP contribution is 2.39. The molecule has 1 aromatic heterocycles. The first kappa shape index (κ1) is 16.5. The van der Waals surface area contributed by atoms with Crippen molar-refractivity contribution in [2.24, 2.45) is 0 Å². The maximum Gasteiger partial charge on any atom is 0.225 e. The molecule has 25 heavy (non-hydrogen) atoms. The SMILES string of the molecule is Cc1ccc(CN2CCC3(COCc4cnc(N(C)C)nc43)C2)cc1. The topological polar surface area (TPSA) is 41.5 Å². The summed E-state index contributed by atoms with van der Waals surface area (Å²) in [6, 6.07) is 8.85. The summed E-state index contributed by atoms with van der Waals surface area (Å²) < 4.78 is 5.93. The molecule has 0 aliphatic carbocycles. The van der Waals surface area contributed by atoms with Gasteiger partial charge in [-0.2, -0.15) is 0 Å². The van der Waals surface area contributed by atoms with Crippen molar-refractivity contribution in [1.82, 2.24) is 14.9 Å². The van der Waals surface area contributed by atoms with Crippen molar-refractivity contribution < 1.29 is 4.74 Å². The van der Waals surface area contributed by atoms with Crippen molar-refractivity contribution in [3.05, 3.63) is 52.8 Å². The van der Waals surface area contributed by atoms with Crippen LogP contribution in [0.25, 0.3) is 0 Å². The average molecular weight is 338 g/mol. The van der Waals surface area contributed by atoms with Crippen molar-refractivity contribution in [2.75, 3.05) is 38.7 Å². The normalized spacial score (nSPS) is 23.0. The van der Waals surface area contributed by atoms with Crippen LogP contribution in [0.3, 0.4) is 0 Å². The van der Waals surface area contributed by atoms with Crippen molar-refractivity contribution >= 4 is 5.95 Å². The fourth-order valence-corrected chi connectivity index (χ4v) is 3.96. The highest BCUT2D eigenvalue weighted by molar-refractivity contribution is 5.37. The van der Waals surface area contributed by atoms with E-state index in [0.717, 1.165) is 44.2 Å². The summed E-state index contributed by atoms with van der Waals surface area (Å²) in [7, 11) is 3.98. The maximum atomic E-state index is 5.93. The van der Waals surface area contributed by atoms with Gasteiger partial charge in [0.25, 0.3) is 0 Å². The summed E-state index contributed by atoms with van der Waals surface area (Å²) in [6.45, 7) is 6.59. The number of ether oxygens (including phenoxy) is 1. The van der Waals surface area contributed by atoms with Crippen LogP contribution < -0.4 is 4.90 Å². The van der Waals surface area contributed by atoms with E-state index >= 15 is 0 Å². The Labute approximate surface area is 149 Å². The van der Waals surface area contributed by atoms with E-state index < -0.39 is 0 Å². The number of rotatable bonds is 3. The fourth-order valence-electron chi connectivity index (χ4n) is 3.96. The Morgan fingerprint density at radius 1 is 1.24 bits per heavy atom. The summed E-state index contributed by atoms with van der Waals surface area (Å²) >= 11 is 0. The van der Waals surface area contributed by atoms with E-state index in [9.17, 15) is 0 Å². The quantitative estimate of drug-likeness (QED) is 0.860. The highest BCUT2D eigenvalue weighted by atomic mass is 16.5. The first-order valence-corrected chi connectivity index (χ1v) is 8.95. The molecule has 1 atom stereocenters. The summed E-state index contributed by atoms with van der Waals surface area (Å²) in [5, 5.41) is 0. The Bertz CT molecular complexity index is 759. The smallest absolute Gasteiger partial charge is 0.225 e. The summed E-state index contributed by atoms with van der Waals surface area (Å²) in [5.41, 5.74) is 5.03. The molecule has 1 aromatic carbocycles. The first-order chi connectivity index (χ1) is 12.1. The maximum absolute atomic E-state index is 5.93. The van der Waals surface area contributed by atoms with E-state index in [1.54, 1.807) is 0 Å². The van der Waals surface area contributed by atoms with Crippen LogP contribution in [-0.2, 0) is 23.3 Å². The Hall–Kier alpha value is -1.98. The predicted octanol–water partition coefficient (Wildman–Crippen LogP) is 2.52. The van der Waals surface area contributed by atoms with E-state index in [1.807, 2.05) is 25.2 Å². The Kier molecular flexibility index (Phi) is 4.21. The molecule has 2 aliphatic rings. The van der Waals surface area contributed by atoms with Gasteiger partial charge in [0, 0.05) is 38.9 Å². The molecule has 1 spiro atoms. The van der Waals surface area contributed by atoms with Gasteiger partial charge in [0.2, 0.25) is 5.95 Å². The molecule has 1 saturated heterocycles. The number of aromatic nitrogens is 2. The van der Waals surface area contributed by atoms with Gasteiger partial charge in [-0.15, -0.1) is 0 Å². The third-order valence-corrected chi connectivity index (χ3v) is 5.35. The number of anilines is 1. The van der Waals surface area contributed by atoms with Crippen molar-refractivity contribution in [3.8, 4) is 0 Å². The lowest BCUT2D eigenvalue weighted by molar-refractivity contribution is 0.0503. The zero-order valence-electron chi connectivity index (χ0n) is 15.3. The molecule has 1 unspecified atom stereocenters. The third-order valence-electron chi connectivity index (χ3n) is 5.35. The number of benzene rings is 1. The van der Waals surface area contributed by atoms with Crippen molar-refractivity contribution in [3.63, 3.8) is 0 Å². The molecule has 5 heteroatoms. The molecule has 2 aliphatic heterocycles. The Morgan fingerprint density at radius 3 is 2.80 bits per heavy atom. The average Bonchev–Trinajstić information content (AvgIpc) is 3.00. The molecule has 2 aromatic rings. The van der Waals surface area contributed by atoms with Gasteiger partial charge in [-0.05, 0) is 25.5 Å². The molecule has 0 N–H and O–H groups in total. The van der Waals surface area contributed by atoms with Crippen LogP contribution in [0.5, 0.6) is 0 Å². The molecule has 0 radical (unpaired) electrons. The molecule has 3 heterocycles. The van der Waals surface area contributed by atoms with Crippen molar-refractivity contribution in [1.29, 1.82) is 0 Å². The minimum atomic E-state index is 0.00593. The molecule has 5 nitrogen and oxygen atoms in total. The van der Waals surface area contributed by atoms with E-state index in [-0.39, 0.29) is 5.41 Å². The van der Waals surface area contributed by atoms with E-state index in [2.05, 4.69) is 41.1 Å². The van der Waals surface area contributed by atoms with Gasteiger partial charge < -0.3 is 9.64 Å². The molecular formula is C20H26N4O. The van der Waals surface area contributed by atoms with Crippen LogP contribution in [0.4, 0.5) is 5.95 Å². The second kappa shape index (κ2) is 6.39. The number of hydrogen-bond donors (Lipinski definition) is 0. The van der Waals surface area contributed by atoms with Gasteiger partial charge in [0.05, 0.1) is 24.3 Å². The molecule has 0 bridgehead atoms. The molecule has 0 amide bonds. The minimum absolute atomic E-state index is 0.00593.